The molecule has 0 radical (unpaired) electrons. The van der Waals surface area contributed by atoms with Crippen molar-refractivity contribution in [1.29, 1.82) is 0 Å². The van der Waals surface area contributed by atoms with Crippen LogP contribution in [0.2, 0.25) is 0 Å². The first-order valence-electron chi connectivity index (χ1n) is 5.91. The van der Waals surface area contributed by atoms with Gasteiger partial charge in [0, 0.05) is 18.7 Å². The fraction of sp³-hybridized carbons (Fsp3) is 0.357. The van der Waals surface area contributed by atoms with Gasteiger partial charge in [0.15, 0.2) is 0 Å². The Kier molecular flexibility index (Phi) is 3.85. The number of carbonyl (C=O) groups is 1. The van der Waals surface area contributed by atoms with Gasteiger partial charge in [0.25, 0.3) is 0 Å². The van der Waals surface area contributed by atoms with E-state index in [-0.39, 0.29) is 18.4 Å². The van der Waals surface area contributed by atoms with Gasteiger partial charge in [0.1, 0.15) is 12.4 Å². The average Bonchev–Trinajstić information content (AvgIpc) is 2.78. The van der Waals surface area contributed by atoms with Crippen LogP contribution in [0.1, 0.15) is 6.42 Å². The van der Waals surface area contributed by atoms with Crippen molar-refractivity contribution in [2.45, 2.75) is 6.42 Å². The third-order valence-electron chi connectivity index (χ3n) is 3.01. The van der Waals surface area contributed by atoms with Gasteiger partial charge in [-0.1, -0.05) is 5.92 Å². The molecule has 4 heteroatoms. The molecule has 1 unspecified atom stereocenters. The third kappa shape index (κ3) is 2.63. The van der Waals surface area contributed by atoms with Crippen molar-refractivity contribution >= 4 is 11.6 Å². The van der Waals surface area contributed by atoms with E-state index in [1.807, 2.05) is 24.3 Å². The molecule has 1 atom stereocenters. The molecule has 1 saturated heterocycles. The van der Waals surface area contributed by atoms with E-state index in [1.54, 1.807) is 4.90 Å². The highest BCUT2D eigenvalue weighted by atomic mass is 16.5. The first-order chi connectivity index (χ1) is 8.74. The summed E-state index contributed by atoms with van der Waals surface area (Å²) in [6, 6.07) is 7.36. The Labute approximate surface area is 107 Å². The van der Waals surface area contributed by atoms with Gasteiger partial charge in [0.2, 0.25) is 5.91 Å². The molecule has 0 saturated carbocycles. The van der Waals surface area contributed by atoms with E-state index < -0.39 is 0 Å². The molecule has 94 valence electrons. The molecule has 0 bridgehead atoms. The van der Waals surface area contributed by atoms with Gasteiger partial charge in [-0.05, 0) is 36.7 Å². The fourth-order valence-corrected chi connectivity index (χ4v) is 2.04. The van der Waals surface area contributed by atoms with E-state index in [1.165, 1.54) is 0 Å². The van der Waals surface area contributed by atoms with Crippen LogP contribution in [0.25, 0.3) is 0 Å². The zero-order valence-electron chi connectivity index (χ0n) is 10.1. The van der Waals surface area contributed by atoms with Crippen LogP contribution in [0, 0.1) is 18.3 Å². The molecule has 0 aliphatic carbocycles. The van der Waals surface area contributed by atoms with Crippen LogP contribution >= 0.6 is 0 Å². The number of carbonyl (C=O) groups excluding carboxylic acids is 1. The van der Waals surface area contributed by atoms with Crippen molar-refractivity contribution < 1.29 is 9.53 Å². The van der Waals surface area contributed by atoms with Crippen molar-refractivity contribution in [1.82, 2.24) is 0 Å². The van der Waals surface area contributed by atoms with E-state index >= 15 is 0 Å². The van der Waals surface area contributed by atoms with Crippen LogP contribution in [0.5, 0.6) is 5.75 Å². The van der Waals surface area contributed by atoms with E-state index in [4.69, 9.17) is 16.9 Å². The third-order valence-corrected chi connectivity index (χ3v) is 3.01. The first-order valence-corrected chi connectivity index (χ1v) is 5.91. The van der Waals surface area contributed by atoms with E-state index in [9.17, 15) is 4.79 Å². The van der Waals surface area contributed by atoms with Crippen molar-refractivity contribution in [2.75, 3.05) is 24.6 Å². The lowest BCUT2D eigenvalue weighted by Gasteiger charge is -2.16. The maximum Gasteiger partial charge on any atom is 0.227 e. The molecule has 0 aromatic heterocycles. The van der Waals surface area contributed by atoms with E-state index in [2.05, 4.69) is 5.92 Å². The summed E-state index contributed by atoms with van der Waals surface area (Å²) in [4.78, 5) is 13.6. The maximum atomic E-state index is 11.8. The Bertz CT molecular complexity index is 462. The number of rotatable bonds is 4. The van der Waals surface area contributed by atoms with Gasteiger partial charge in [-0.3, -0.25) is 4.79 Å². The van der Waals surface area contributed by atoms with Gasteiger partial charge in [-0.25, -0.2) is 0 Å². The monoisotopic (exact) mass is 244 g/mol. The molecule has 1 aliphatic heterocycles. The maximum absolute atomic E-state index is 11.8. The summed E-state index contributed by atoms with van der Waals surface area (Å²) in [5.74, 6) is 3.50. The molecule has 1 amide bonds. The highest BCUT2D eigenvalue weighted by Crippen LogP contribution is 2.26. The van der Waals surface area contributed by atoms with Crippen molar-refractivity contribution in [2.24, 2.45) is 11.7 Å². The molecular formula is C14H16N2O2. The number of amides is 1. The summed E-state index contributed by atoms with van der Waals surface area (Å²) in [6.07, 6.45) is 5.65. The first kappa shape index (κ1) is 12.5. The molecule has 1 aromatic carbocycles. The second-order valence-corrected chi connectivity index (χ2v) is 4.30. The molecule has 4 nitrogen and oxygen atoms in total. The lowest BCUT2D eigenvalue weighted by molar-refractivity contribution is -0.117. The number of benzene rings is 1. The number of ether oxygens (including phenoxy) is 1. The Hall–Kier alpha value is -1.99. The molecule has 1 heterocycles. The number of hydrogen-bond donors (Lipinski definition) is 1. The Morgan fingerprint density at radius 1 is 1.44 bits per heavy atom. The normalized spacial score (nSPS) is 18.8. The Morgan fingerprint density at radius 2 is 2.17 bits per heavy atom. The highest BCUT2D eigenvalue weighted by Gasteiger charge is 2.29. The summed E-state index contributed by atoms with van der Waals surface area (Å²) in [5, 5.41) is 0. The van der Waals surface area contributed by atoms with Crippen LogP contribution in [-0.2, 0) is 4.79 Å². The lowest BCUT2D eigenvalue weighted by Crippen LogP contribution is -2.25. The average molecular weight is 244 g/mol. The zero-order valence-corrected chi connectivity index (χ0v) is 10.1. The molecule has 0 spiro atoms. The van der Waals surface area contributed by atoms with Gasteiger partial charge >= 0.3 is 0 Å². The standard InChI is InChI=1S/C14H16N2O2/c1-2-7-18-13-5-3-12(4-6-13)16-10-11(9-15)8-14(16)17/h1,3-6,11H,7-10,15H2. The van der Waals surface area contributed by atoms with Gasteiger partial charge in [-0.2, -0.15) is 0 Å². The molecule has 2 N–H and O–H groups in total. The minimum Gasteiger partial charge on any atom is -0.481 e. The number of anilines is 1. The van der Waals surface area contributed by atoms with E-state index in [0.717, 1.165) is 5.69 Å². The summed E-state index contributed by atoms with van der Waals surface area (Å²) >= 11 is 0. The molecule has 2 rings (SSSR count). The van der Waals surface area contributed by atoms with Gasteiger partial charge in [-0.15, -0.1) is 6.42 Å². The fourth-order valence-electron chi connectivity index (χ4n) is 2.04. The summed E-state index contributed by atoms with van der Waals surface area (Å²) in [5.41, 5.74) is 6.48. The Morgan fingerprint density at radius 3 is 2.72 bits per heavy atom. The van der Waals surface area contributed by atoms with Crippen LogP contribution in [0.3, 0.4) is 0 Å². The second-order valence-electron chi connectivity index (χ2n) is 4.30. The number of hydrogen-bond acceptors (Lipinski definition) is 3. The molecule has 1 aliphatic rings. The second kappa shape index (κ2) is 5.56. The SMILES string of the molecule is C#CCOc1ccc(N2CC(CN)CC2=O)cc1. The van der Waals surface area contributed by atoms with Crippen molar-refractivity contribution in [3.8, 4) is 18.1 Å². The van der Waals surface area contributed by atoms with Gasteiger partial charge < -0.3 is 15.4 Å². The van der Waals surface area contributed by atoms with Crippen LogP contribution in [0.15, 0.2) is 24.3 Å². The minimum atomic E-state index is 0.128. The minimum absolute atomic E-state index is 0.128. The number of nitrogens with zero attached hydrogens (tertiary/aromatic N) is 1. The lowest BCUT2D eigenvalue weighted by atomic mass is 10.1. The van der Waals surface area contributed by atoms with Crippen LogP contribution < -0.4 is 15.4 Å². The molecule has 1 aromatic rings. The largest absolute Gasteiger partial charge is 0.481 e. The zero-order chi connectivity index (χ0) is 13.0. The van der Waals surface area contributed by atoms with E-state index in [0.29, 0.717) is 25.3 Å². The predicted octanol–water partition coefficient (Wildman–Crippen LogP) is 1.01. The topological polar surface area (TPSA) is 55.6 Å². The van der Waals surface area contributed by atoms with Crippen molar-refractivity contribution in [3.05, 3.63) is 24.3 Å². The summed E-state index contributed by atoms with van der Waals surface area (Å²) < 4.78 is 5.28. The van der Waals surface area contributed by atoms with Gasteiger partial charge in [0.05, 0.1) is 0 Å². The molecule has 1 fully saturated rings. The number of terminal acetylenes is 1. The highest BCUT2D eigenvalue weighted by molar-refractivity contribution is 5.95. The number of nitrogens with two attached hydrogens (primary N) is 1. The summed E-state index contributed by atoms with van der Waals surface area (Å²) in [6.45, 7) is 1.49. The smallest absolute Gasteiger partial charge is 0.227 e. The molecular weight excluding hydrogens is 228 g/mol. The van der Waals surface area contributed by atoms with Crippen LogP contribution in [-0.4, -0.2) is 25.6 Å². The van der Waals surface area contributed by atoms with Crippen LogP contribution in [0.4, 0.5) is 5.69 Å². The quantitative estimate of drug-likeness (QED) is 0.804. The Balaban J connectivity index is 2.06. The molecule has 18 heavy (non-hydrogen) atoms. The van der Waals surface area contributed by atoms with Crippen molar-refractivity contribution in [3.63, 3.8) is 0 Å². The predicted molar refractivity (Wildman–Crippen MR) is 70.3 cm³/mol. The summed E-state index contributed by atoms with van der Waals surface area (Å²) in [7, 11) is 0.